The first-order chi connectivity index (χ1) is 13.2. The number of rotatable bonds is 2. The van der Waals surface area contributed by atoms with Crippen LogP contribution in [0.4, 0.5) is 4.79 Å². The van der Waals surface area contributed by atoms with E-state index in [-0.39, 0.29) is 24.0 Å². The molecule has 1 amide bonds. The average molecular weight is 387 g/mol. The number of hydrogen-bond donors (Lipinski definition) is 0. The number of likely N-dealkylation sites (tertiary alicyclic amines) is 1. The van der Waals surface area contributed by atoms with E-state index in [0.717, 1.165) is 18.4 Å². The largest absolute Gasteiger partial charge is 0.459 e. The molecule has 4 unspecified atom stereocenters. The average Bonchev–Trinajstić information content (AvgIpc) is 3.24. The molecule has 0 bridgehead atoms. The molecule has 0 spiro atoms. The summed E-state index contributed by atoms with van der Waals surface area (Å²) in [6.45, 7) is 7.86. The van der Waals surface area contributed by atoms with E-state index >= 15 is 0 Å². The Kier molecular flexibility index (Phi) is 4.76. The highest BCUT2D eigenvalue weighted by Crippen LogP contribution is 2.51. The fraction of sp³-hybridized carbons (Fsp3) is 0.636. The number of carbonyl (C=O) groups is 2. The van der Waals surface area contributed by atoms with Crippen molar-refractivity contribution in [3.05, 3.63) is 35.1 Å². The second kappa shape index (κ2) is 6.98. The summed E-state index contributed by atoms with van der Waals surface area (Å²) in [4.78, 5) is 26.3. The summed E-state index contributed by atoms with van der Waals surface area (Å²) in [6.07, 6.45) is 9.23. The Bertz CT molecular complexity index is 772. The van der Waals surface area contributed by atoms with E-state index in [2.05, 4.69) is 6.08 Å². The van der Waals surface area contributed by atoms with E-state index in [9.17, 15) is 9.59 Å². The van der Waals surface area contributed by atoms with Crippen LogP contribution in [0.25, 0.3) is 0 Å². The molecule has 4 aliphatic rings. The predicted molar refractivity (Wildman–Crippen MR) is 103 cm³/mol. The molecule has 0 aromatic carbocycles. The second-order valence-corrected chi connectivity index (χ2v) is 9.18. The van der Waals surface area contributed by atoms with Crippen LogP contribution in [0.5, 0.6) is 0 Å². The SMILES string of the molecule is CC1=CC(OC=C2CN(C(=O)OC(C)(C)C)C3C4=CCCCC4CC23)OC1=O. The van der Waals surface area contributed by atoms with Crippen LogP contribution >= 0.6 is 0 Å². The Morgan fingerprint density at radius 2 is 2.14 bits per heavy atom. The van der Waals surface area contributed by atoms with Gasteiger partial charge >= 0.3 is 12.1 Å². The lowest BCUT2D eigenvalue weighted by atomic mass is 9.89. The number of cyclic esters (lactones) is 1. The number of esters is 1. The van der Waals surface area contributed by atoms with Gasteiger partial charge in [0.05, 0.1) is 12.3 Å². The Hall–Kier alpha value is -2.24. The summed E-state index contributed by atoms with van der Waals surface area (Å²) in [5.41, 5.74) is 2.48. The molecule has 28 heavy (non-hydrogen) atoms. The summed E-state index contributed by atoms with van der Waals surface area (Å²) in [7, 11) is 0. The minimum Gasteiger partial charge on any atom is -0.459 e. The van der Waals surface area contributed by atoms with E-state index in [4.69, 9.17) is 14.2 Å². The van der Waals surface area contributed by atoms with Crippen molar-refractivity contribution in [2.45, 2.75) is 71.3 Å². The quantitative estimate of drug-likeness (QED) is 0.406. The monoisotopic (exact) mass is 387 g/mol. The van der Waals surface area contributed by atoms with Gasteiger partial charge in [0.25, 0.3) is 6.29 Å². The number of nitrogens with zero attached hydrogens (tertiary/aromatic N) is 1. The van der Waals surface area contributed by atoms with Crippen LogP contribution in [0, 0.1) is 11.8 Å². The van der Waals surface area contributed by atoms with Crippen molar-refractivity contribution in [1.29, 1.82) is 0 Å². The number of hydrogen-bond acceptors (Lipinski definition) is 5. The van der Waals surface area contributed by atoms with Crippen molar-refractivity contribution < 1.29 is 23.8 Å². The number of allylic oxidation sites excluding steroid dienone is 1. The number of amides is 1. The lowest BCUT2D eigenvalue weighted by Crippen LogP contribution is -2.41. The predicted octanol–water partition coefficient (Wildman–Crippen LogP) is 4.08. The van der Waals surface area contributed by atoms with Gasteiger partial charge in [0, 0.05) is 24.1 Å². The highest BCUT2D eigenvalue weighted by Gasteiger charge is 2.51. The van der Waals surface area contributed by atoms with Crippen molar-refractivity contribution in [3.63, 3.8) is 0 Å². The standard InChI is InChI=1S/C22H29NO5/c1-13-9-18(27-20(13)24)26-12-15-11-23(21(25)28-22(2,3)4)19-16-8-6-5-7-14(16)10-17(15)19/h8-9,12,14,17-19H,5-7,10-11H2,1-4H3. The first-order valence-corrected chi connectivity index (χ1v) is 10.2. The Morgan fingerprint density at radius 3 is 2.82 bits per heavy atom. The highest BCUT2D eigenvalue weighted by molar-refractivity contribution is 5.89. The molecule has 4 rings (SSSR count). The van der Waals surface area contributed by atoms with Crippen LogP contribution in [-0.4, -0.2) is 41.4 Å². The summed E-state index contributed by atoms with van der Waals surface area (Å²) in [6, 6.07) is 0.0541. The molecule has 2 aliphatic carbocycles. The van der Waals surface area contributed by atoms with Gasteiger partial charge in [-0.1, -0.05) is 6.08 Å². The molecule has 6 heteroatoms. The third-order valence-corrected chi connectivity index (χ3v) is 5.95. The topological polar surface area (TPSA) is 65.1 Å². The lowest BCUT2D eigenvalue weighted by Gasteiger charge is -2.30. The van der Waals surface area contributed by atoms with E-state index in [1.165, 1.54) is 18.4 Å². The molecule has 0 N–H and O–H groups in total. The maximum atomic E-state index is 12.9. The molecule has 0 radical (unpaired) electrons. The number of carbonyl (C=O) groups excluding carboxylic acids is 2. The Labute approximate surface area is 166 Å². The minimum absolute atomic E-state index is 0.0541. The maximum Gasteiger partial charge on any atom is 0.411 e. The van der Waals surface area contributed by atoms with E-state index in [1.807, 2.05) is 25.7 Å². The van der Waals surface area contributed by atoms with E-state index in [0.29, 0.717) is 18.0 Å². The molecular weight excluding hydrogens is 358 g/mol. The van der Waals surface area contributed by atoms with Gasteiger partial charge in [-0.2, -0.15) is 0 Å². The number of fused-ring (bicyclic) bond motifs is 3. The molecule has 2 fully saturated rings. The summed E-state index contributed by atoms with van der Waals surface area (Å²) >= 11 is 0. The van der Waals surface area contributed by atoms with Crippen LogP contribution in [0.3, 0.4) is 0 Å². The van der Waals surface area contributed by atoms with Crippen molar-refractivity contribution in [2.75, 3.05) is 6.54 Å². The van der Waals surface area contributed by atoms with Gasteiger partial charge in [-0.15, -0.1) is 0 Å². The zero-order chi connectivity index (χ0) is 20.1. The zero-order valence-corrected chi connectivity index (χ0v) is 17.1. The van der Waals surface area contributed by atoms with Gasteiger partial charge in [-0.3, -0.25) is 4.90 Å². The fourth-order valence-corrected chi connectivity index (χ4v) is 4.76. The summed E-state index contributed by atoms with van der Waals surface area (Å²) in [5, 5.41) is 0. The minimum atomic E-state index is -0.683. The molecule has 0 aromatic rings. The fourth-order valence-electron chi connectivity index (χ4n) is 4.76. The van der Waals surface area contributed by atoms with Gasteiger partial charge in [-0.05, 0) is 70.4 Å². The molecule has 2 aliphatic heterocycles. The molecule has 1 saturated heterocycles. The van der Waals surface area contributed by atoms with Gasteiger partial charge in [0.2, 0.25) is 0 Å². The third kappa shape index (κ3) is 3.56. The Morgan fingerprint density at radius 1 is 1.36 bits per heavy atom. The van der Waals surface area contributed by atoms with Crippen molar-refractivity contribution in [2.24, 2.45) is 11.8 Å². The van der Waals surface area contributed by atoms with Crippen LogP contribution in [-0.2, 0) is 19.0 Å². The lowest BCUT2D eigenvalue weighted by molar-refractivity contribution is -0.152. The second-order valence-electron chi connectivity index (χ2n) is 9.18. The highest BCUT2D eigenvalue weighted by atomic mass is 16.7. The van der Waals surface area contributed by atoms with E-state index < -0.39 is 11.9 Å². The first-order valence-electron chi connectivity index (χ1n) is 10.2. The van der Waals surface area contributed by atoms with Gasteiger partial charge in [0.15, 0.2) is 0 Å². The molecular formula is C22H29NO5. The molecule has 0 aromatic heterocycles. The first kappa shape index (κ1) is 19.1. The maximum absolute atomic E-state index is 12.9. The molecule has 4 atom stereocenters. The van der Waals surface area contributed by atoms with Crippen molar-refractivity contribution >= 4 is 12.1 Å². The zero-order valence-electron chi connectivity index (χ0n) is 17.1. The van der Waals surface area contributed by atoms with Crippen LogP contribution < -0.4 is 0 Å². The van der Waals surface area contributed by atoms with Crippen LogP contribution in [0.15, 0.2) is 35.1 Å². The molecule has 2 heterocycles. The van der Waals surface area contributed by atoms with Crippen molar-refractivity contribution in [3.8, 4) is 0 Å². The Balaban J connectivity index is 1.56. The van der Waals surface area contributed by atoms with Crippen LogP contribution in [0.1, 0.15) is 53.4 Å². The molecule has 6 nitrogen and oxygen atoms in total. The third-order valence-electron chi connectivity index (χ3n) is 5.95. The molecule has 152 valence electrons. The summed E-state index contributed by atoms with van der Waals surface area (Å²) in [5.74, 6) is 0.424. The van der Waals surface area contributed by atoms with Crippen molar-refractivity contribution in [1.82, 2.24) is 4.90 Å². The smallest absolute Gasteiger partial charge is 0.411 e. The molecule has 1 saturated carbocycles. The normalized spacial score (nSPS) is 33.2. The van der Waals surface area contributed by atoms with E-state index in [1.54, 1.807) is 19.3 Å². The van der Waals surface area contributed by atoms with Crippen LogP contribution in [0.2, 0.25) is 0 Å². The summed E-state index contributed by atoms with van der Waals surface area (Å²) < 4.78 is 16.6. The van der Waals surface area contributed by atoms with Gasteiger partial charge < -0.3 is 14.2 Å². The number of ether oxygens (including phenoxy) is 3. The van der Waals surface area contributed by atoms with Gasteiger partial charge in [0.1, 0.15) is 5.60 Å². The van der Waals surface area contributed by atoms with Gasteiger partial charge in [-0.25, -0.2) is 9.59 Å².